The van der Waals surface area contributed by atoms with Crippen molar-refractivity contribution in [3.63, 3.8) is 0 Å². The van der Waals surface area contributed by atoms with Crippen LogP contribution < -0.4 is 17.2 Å². The van der Waals surface area contributed by atoms with Crippen molar-refractivity contribution in [2.45, 2.75) is 186 Å². The van der Waals surface area contributed by atoms with Crippen LogP contribution in [0, 0.1) is 59.2 Å². The number of hydrogen-bond acceptors (Lipinski definition) is 6. The lowest BCUT2D eigenvalue weighted by atomic mass is 10.1. The third kappa shape index (κ3) is 25.9. The van der Waals surface area contributed by atoms with E-state index >= 15 is 0 Å². The van der Waals surface area contributed by atoms with E-state index < -0.39 is 0 Å². The molecule has 6 saturated carbocycles. The highest BCUT2D eigenvalue weighted by molar-refractivity contribution is 4.92. The maximum Gasteiger partial charge on any atom is 0.0575 e. The molecule has 0 radical (unpaired) electrons. The second-order valence-corrected chi connectivity index (χ2v) is 15.4. The van der Waals surface area contributed by atoms with Gasteiger partial charge in [-0.15, -0.1) is 0 Å². The van der Waals surface area contributed by atoms with Gasteiger partial charge in [-0.25, -0.2) is 0 Å². The van der Waals surface area contributed by atoms with Crippen molar-refractivity contribution in [1.29, 1.82) is 0 Å². The summed E-state index contributed by atoms with van der Waals surface area (Å²) in [7, 11) is 0. The van der Waals surface area contributed by atoms with Crippen LogP contribution in [-0.2, 0) is 0 Å². The normalized spacial score (nSPS) is 36.8. The van der Waals surface area contributed by atoms with Gasteiger partial charge >= 0.3 is 0 Å². The van der Waals surface area contributed by atoms with Gasteiger partial charge in [0.25, 0.3) is 0 Å². The van der Waals surface area contributed by atoms with E-state index in [1.54, 1.807) is 0 Å². The molecule has 6 rings (SSSR count). The van der Waals surface area contributed by atoms with Gasteiger partial charge < -0.3 is 32.5 Å². The minimum atomic E-state index is 0. The molecule has 0 saturated heterocycles. The summed E-state index contributed by atoms with van der Waals surface area (Å²) < 4.78 is 0. The van der Waals surface area contributed by atoms with Crippen LogP contribution in [0.5, 0.6) is 0 Å². The number of aliphatic hydroxyl groups is 3. The molecule has 0 aromatic rings. The van der Waals surface area contributed by atoms with Crippen molar-refractivity contribution in [3.05, 3.63) is 0 Å². The Balaban J connectivity index is -0.000000445. The van der Waals surface area contributed by atoms with Crippen LogP contribution in [0.15, 0.2) is 0 Å². The third-order valence-electron chi connectivity index (χ3n) is 9.06. The first-order valence-corrected chi connectivity index (χ1v) is 18.2. The molecule has 6 nitrogen and oxygen atoms in total. The Labute approximate surface area is 277 Å². The number of aliphatic hydroxyl groups excluding tert-OH is 3. The Hall–Kier alpha value is -0.240. The van der Waals surface area contributed by atoms with Crippen molar-refractivity contribution in [1.82, 2.24) is 0 Å². The minimum absolute atomic E-state index is 0. The van der Waals surface area contributed by atoms with Gasteiger partial charge in [0.2, 0.25) is 0 Å². The Kier molecular flexibility index (Phi) is 27.2. The standard InChI is InChI=1S/2C6H13N.2C6H12O.C4H9N.C4H8O.C3H8.C2H6.CH4/c4*1-4(2)5-3-6(5)7;2*1-3-2-4(3)5;1-3-2;1-2;/h2*4-6H,3,7H2,1-2H3;2*4-7H,3H2,1-2H3;3-4H,2,5H2,1H3;3-5H,2H2,1H3;3H2,1-2H3;1-2H3;1H4/t4*5-,6-;2*3-,4-;;;/m101011.../s1. The third-order valence-corrected chi connectivity index (χ3v) is 9.06. The molecule has 270 valence electrons. The summed E-state index contributed by atoms with van der Waals surface area (Å²) in [5, 5.41) is 26.0. The van der Waals surface area contributed by atoms with Gasteiger partial charge in [-0.05, 0) is 97.7 Å². The summed E-state index contributed by atoms with van der Waals surface area (Å²) in [6.07, 6.45) is 8.26. The smallest absolute Gasteiger partial charge is 0.0575 e. The molecule has 44 heavy (non-hydrogen) atoms. The highest BCUT2D eigenvalue weighted by atomic mass is 16.3. The number of hydrogen-bond donors (Lipinski definition) is 6. The molecular weight excluding hydrogens is 546 g/mol. The van der Waals surface area contributed by atoms with E-state index in [1.165, 1.54) is 25.7 Å². The zero-order valence-corrected chi connectivity index (χ0v) is 31.3. The Morgan fingerprint density at radius 3 is 0.636 bits per heavy atom. The monoisotopic (exact) mass is 632 g/mol. The number of nitrogens with two attached hydrogens (primary N) is 3. The highest BCUT2D eigenvalue weighted by Gasteiger charge is 2.38. The van der Waals surface area contributed by atoms with Gasteiger partial charge in [-0.1, -0.05) is 111 Å². The molecule has 6 aliphatic rings. The molecule has 0 heterocycles. The fourth-order valence-electron chi connectivity index (χ4n) is 4.49. The molecule has 0 spiro atoms. The summed E-state index contributed by atoms with van der Waals surface area (Å²) in [6.45, 7) is 30.0. The molecule has 0 amide bonds. The molecule has 0 aliphatic heterocycles. The first kappa shape index (κ1) is 48.2. The van der Waals surface area contributed by atoms with Crippen molar-refractivity contribution in [2.75, 3.05) is 0 Å². The molecule has 0 aromatic heterocycles. The predicted octanol–water partition coefficient (Wildman–Crippen LogP) is 7.84. The first-order valence-electron chi connectivity index (χ1n) is 18.2. The molecule has 0 aromatic carbocycles. The fraction of sp³-hybridized carbons (Fsp3) is 1.00. The topological polar surface area (TPSA) is 139 Å². The molecule has 6 heteroatoms. The van der Waals surface area contributed by atoms with Crippen LogP contribution in [0.2, 0.25) is 0 Å². The number of rotatable bonds is 4. The van der Waals surface area contributed by atoms with Crippen LogP contribution in [0.25, 0.3) is 0 Å². The lowest BCUT2D eigenvalue weighted by Gasteiger charge is -1.96. The summed E-state index contributed by atoms with van der Waals surface area (Å²) in [5.41, 5.74) is 16.5. The zero-order valence-electron chi connectivity index (χ0n) is 31.3. The average molecular weight is 632 g/mol. The van der Waals surface area contributed by atoms with Crippen LogP contribution in [-0.4, -0.2) is 51.8 Å². The summed E-state index contributed by atoms with van der Waals surface area (Å²) in [6, 6.07) is 1.63. The molecule has 12 atom stereocenters. The molecule has 6 aliphatic carbocycles. The largest absolute Gasteiger partial charge is 0.393 e. The Morgan fingerprint density at radius 2 is 0.636 bits per heavy atom. The average Bonchev–Trinajstić information content (AvgIpc) is 3.68. The predicted molar refractivity (Wildman–Crippen MR) is 195 cm³/mol. The second kappa shape index (κ2) is 24.9. The second-order valence-electron chi connectivity index (χ2n) is 15.4. The van der Waals surface area contributed by atoms with Gasteiger partial charge in [-0.2, -0.15) is 0 Å². The van der Waals surface area contributed by atoms with E-state index in [4.69, 9.17) is 32.5 Å². The van der Waals surface area contributed by atoms with E-state index in [9.17, 15) is 0 Å². The van der Waals surface area contributed by atoms with Gasteiger partial charge in [0, 0.05) is 18.1 Å². The summed E-state index contributed by atoms with van der Waals surface area (Å²) >= 11 is 0. The van der Waals surface area contributed by atoms with Crippen LogP contribution >= 0.6 is 0 Å². The fourth-order valence-corrected chi connectivity index (χ4v) is 4.49. The Morgan fingerprint density at radius 1 is 0.477 bits per heavy atom. The zero-order chi connectivity index (χ0) is 34.2. The van der Waals surface area contributed by atoms with Crippen LogP contribution in [0.3, 0.4) is 0 Å². The van der Waals surface area contributed by atoms with E-state index in [1.807, 2.05) is 20.8 Å². The lowest BCUT2D eigenvalue weighted by Crippen LogP contribution is -2.05. The highest BCUT2D eigenvalue weighted by Crippen LogP contribution is 2.37. The van der Waals surface area contributed by atoms with Crippen molar-refractivity contribution >= 4 is 0 Å². The maximum absolute atomic E-state index is 8.80. The van der Waals surface area contributed by atoms with Crippen molar-refractivity contribution in [2.24, 2.45) is 76.4 Å². The SMILES string of the molecule is C.CC.CC(C)[C@@H]1C[C@@H]1N.CC(C)[C@@H]1C[C@@H]1O.CC(C)[C@H]1C[C@H]1N.CC(C)[C@H]1C[C@H]1O.CCC.C[C@@H]1C[C@H]1N.C[C@@H]1C[C@H]1O. The van der Waals surface area contributed by atoms with Gasteiger partial charge in [0.15, 0.2) is 0 Å². The quantitative estimate of drug-likeness (QED) is 0.187. The molecule has 6 fully saturated rings. The van der Waals surface area contributed by atoms with E-state index in [2.05, 4.69) is 76.2 Å². The van der Waals surface area contributed by atoms with E-state index in [0.717, 1.165) is 48.9 Å². The molecule has 9 N–H and O–H groups in total. The summed E-state index contributed by atoms with van der Waals surface area (Å²) in [4.78, 5) is 0. The molecule has 0 bridgehead atoms. The van der Waals surface area contributed by atoms with Crippen LogP contribution in [0.1, 0.15) is 149 Å². The van der Waals surface area contributed by atoms with Crippen LogP contribution in [0.4, 0.5) is 0 Å². The summed E-state index contributed by atoms with van der Waals surface area (Å²) in [5.74, 6) is 7.39. The van der Waals surface area contributed by atoms with E-state index in [-0.39, 0.29) is 25.7 Å². The van der Waals surface area contributed by atoms with Gasteiger partial charge in [-0.3, -0.25) is 0 Å². The molecule has 0 unspecified atom stereocenters. The van der Waals surface area contributed by atoms with Gasteiger partial charge in [0.1, 0.15) is 0 Å². The first-order chi connectivity index (χ1) is 19.9. The Bertz CT molecular complexity index is 553. The van der Waals surface area contributed by atoms with Crippen molar-refractivity contribution in [3.8, 4) is 0 Å². The molecular formula is C38H85N3O3. The van der Waals surface area contributed by atoms with Gasteiger partial charge in [0.05, 0.1) is 18.3 Å². The maximum atomic E-state index is 8.80. The van der Waals surface area contributed by atoms with E-state index in [0.29, 0.717) is 47.7 Å². The lowest BCUT2D eigenvalue weighted by molar-refractivity contribution is 0.245. The minimum Gasteiger partial charge on any atom is -0.393 e. The van der Waals surface area contributed by atoms with Crippen molar-refractivity contribution < 1.29 is 15.3 Å².